The van der Waals surface area contributed by atoms with Gasteiger partial charge in [0.2, 0.25) is 0 Å². The Morgan fingerprint density at radius 2 is 2.19 bits per heavy atom. The first kappa shape index (κ1) is 14.1. The highest BCUT2D eigenvalue weighted by Crippen LogP contribution is 2.30. The van der Waals surface area contributed by atoms with Gasteiger partial charge in [-0.15, -0.1) is 0 Å². The summed E-state index contributed by atoms with van der Waals surface area (Å²) in [6.45, 7) is 6.65. The van der Waals surface area contributed by atoms with E-state index in [1.54, 1.807) is 12.3 Å². The van der Waals surface area contributed by atoms with Crippen molar-refractivity contribution in [2.45, 2.75) is 39.4 Å². The lowest BCUT2D eigenvalue weighted by molar-refractivity contribution is 0.493. The second-order valence-corrected chi connectivity index (χ2v) is 5.85. The minimum Gasteiger partial charge on any atom is -0.467 e. The molecule has 3 nitrogen and oxygen atoms in total. The van der Waals surface area contributed by atoms with E-state index in [9.17, 15) is 4.39 Å². The van der Waals surface area contributed by atoms with Crippen LogP contribution in [0.2, 0.25) is 0 Å². The van der Waals surface area contributed by atoms with Crippen LogP contribution in [0.1, 0.15) is 30.7 Å². The molecule has 0 radical (unpaired) electrons. The van der Waals surface area contributed by atoms with E-state index in [0.29, 0.717) is 12.6 Å². The van der Waals surface area contributed by atoms with Crippen LogP contribution in [-0.2, 0) is 19.5 Å². The number of anilines is 1. The maximum absolute atomic E-state index is 13.4. The SMILES string of the molecule is CC(C)NCc1ccoc1CN1CCc2ccc(F)cc21. The van der Waals surface area contributed by atoms with Crippen molar-refractivity contribution in [1.82, 2.24) is 5.32 Å². The van der Waals surface area contributed by atoms with Gasteiger partial charge in [0.05, 0.1) is 12.8 Å². The van der Waals surface area contributed by atoms with Crippen molar-refractivity contribution in [2.24, 2.45) is 0 Å². The van der Waals surface area contributed by atoms with E-state index in [1.807, 2.05) is 12.1 Å². The molecule has 112 valence electrons. The first-order valence-electron chi connectivity index (χ1n) is 7.45. The third-order valence-electron chi connectivity index (χ3n) is 3.91. The smallest absolute Gasteiger partial charge is 0.127 e. The predicted molar refractivity (Wildman–Crippen MR) is 81.8 cm³/mol. The highest BCUT2D eigenvalue weighted by molar-refractivity contribution is 5.58. The van der Waals surface area contributed by atoms with Crippen LogP contribution in [0.25, 0.3) is 0 Å². The average molecular weight is 288 g/mol. The number of furan rings is 1. The summed E-state index contributed by atoms with van der Waals surface area (Å²) in [5.74, 6) is 0.780. The summed E-state index contributed by atoms with van der Waals surface area (Å²) >= 11 is 0. The molecule has 0 saturated heterocycles. The van der Waals surface area contributed by atoms with Gasteiger partial charge in [0.15, 0.2) is 0 Å². The second-order valence-electron chi connectivity index (χ2n) is 5.85. The van der Waals surface area contributed by atoms with Gasteiger partial charge in [-0.25, -0.2) is 4.39 Å². The molecule has 1 aliphatic heterocycles. The van der Waals surface area contributed by atoms with Crippen LogP contribution in [0.3, 0.4) is 0 Å². The molecular formula is C17H21FN2O. The number of benzene rings is 1. The van der Waals surface area contributed by atoms with Crippen molar-refractivity contribution in [3.63, 3.8) is 0 Å². The van der Waals surface area contributed by atoms with Gasteiger partial charge in [0, 0.05) is 30.4 Å². The molecule has 2 aromatic rings. The zero-order chi connectivity index (χ0) is 14.8. The van der Waals surface area contributed by atoms with Gasteiger partial charge in [-0.05, 0) is 30.2 Å². The molecule has 1 aromatic carbocycles. The molecule has 1 aromatic heterocycles. The first-order chi connectivity index (χ1) is 10.1. The molecule has 0 amide bonds. The Bertz CT molecular complexity index is 621. The third-order valence-corrected chi connectivity index (χ3v) is 3.91. The molecule has 21 heavy (non-hydrogen) atoms. The molecule has 4 heteroatoms. The quantitative estimate of drug-likeness (QED) is 0.913. The fourth-order valence-corrected chi connectivity index (χ4v) is 2.73. The lowest BCUT2D eigenvalue weighted by atomic mass is 10.1. The molecule has 0 spiro atoms. The molecular weight excluding hydrogens is 267 g/mol. The second kappa shape index (κ2) is 5.90. The maximum Gasteiger partial charge on any atom is 0.127 e. The fourth-order valence-electron chi connectivity index (χ4n) is 2.73. The normalized spacial score (nSPS) is 14.0. The van der Waals surface area contributed by atoms with Gasteiger partial charge < -0.3 is 14.6 Å². The number of halogens is 1. The molecule has 0 unspecified atom stereocenters. The van der Waals surface area contributed by atoms with Gasteiger partial charge in [0.25, 0.3) is 0 Å². The van der Waals surface area contributed by atoms with E-state index in [4.69, 9.17) is 4.42 Å². The third kappa shape index (κ3) is 3.10. The Labute approximate surface area is 124 Å². The number of nitrogens with one attached hydrogen (secondary N) is 1. The molecule has 2 heterocycles. The summed E-state index contributed by atoms with van der Waals surface area (Å²) in [5.41, 5.74) is 3.38. The molecule has 0 fully saturated rings. The van der Waals surface area contributed by atoms with Crippen molar-refractivity contribution in [3.8, 4) is 0 Å². The van der Waals surface area contributed by atoms with Crippen LogP contribution in [0, 0.1) is 5.82 Å². The summed E-state index contributed by atoms with van der Waals surface area (Å²) < 4.78 is 19.1. The van der Waals surface area contributed by atoms with Gasteiger partial charge >= 0.3 is 0 Å². The maximum atomic E-state index is 13.4. The van der Waals surface area contributed by atoms with Crippen molar-refractivity contribution < 1.29 is 8.81 Å². The number of fused-ring (bicyclic) bond motifs is 1. The predicted octanol–water partition coefficient (Wildman–Crippen LogP) is 3.48. The molecule has 3 rings (SSSR count). The lowest BCUT2D eigenvalue weighted by Crippen LogP contribution is -2.24. The van der Waals surface area contributed by atoms with Crippen LogP contribution in [0.4, 0.5) is 10.1 Å². The summed E-state index contributed by atoms with van der Waals surface area (Å²) in [6, 6.07) is 7.49. The van der Waals surface area contributed by atoms with Crippen molar-refractivity contribution in [3.05, 3.63) is 53.2 Å². The van der Waals surface area contributed by atoms with E-state index in [2.05, 4.69) is 24.1 Å². The van der Waals surface area contributed by atoms with Crippen molar-refractivity contribution in [1.29, 1.82) is 0 Å². The topological polar surface area (TPSA) is 28.4 Å². The highest BCUT2D eigenvalue weighted by Gasteiger charge is 2.21. The van der Waals surface area contributed by atoms with Gasteiger partial charge in [-0.1, -0.05) is 19.9 Å². The zero-order valence-electron chi connectivity index (χ0n) is 12.5. The Hall–Kier alpha value is -1.81. The molecule has 1 N–H and O–H groups in total. The number of nitrogens with zero attached hydrogens (tertiary/aromatic N) is 1. The highest BCUT2D eigenvalue weighted by atomic mass is 19.1. The zero-order valence-corrected chi connectivity index (χ0v) is 12.5. The van der Waals surface area contributed by atoms with Crippen LogP contribution in [0.5, 0.6) is 0 Å². The lowest BCUT2D eigenvalue weighted by Gasteiger charge is -2.19. The minimum absolute atomic E-state index is 0.179. The summed E-state index contributed by atoms with van der Waals surface area (Å²) in [6.07, 6.45) is 2.70. The number of rotatable bonds is 5. The Balaban J connectivity index is 1.74. The summed E-state index contributed by atoms with van der Waals surface area (Å²) in [5, 5.41) is 3.40. The monoisotopic (exact) mass is 288 g/mol. The van der Waals surface area contributed by atoms with Crippen molar-refractivity contribution in [2.75, 3.05) is 11.4 Å². The Kier molecular flexibility index (Phi) is 3.97. The van der Waals surface area contributed by atoms with E-state index < -0.39 is 0 Å². The van der Waals surface area contributed by atoms with Crippen molar-refractivity contribution >= 4 is 5.69 Å². The molecule has 0 saturated carbocycles. The molecule has 0 aliphatic carbocycles. The Morgan fingerprint density at radius 3 is 3.00 bits per heavy atom. The van der Waals surface area contributed by atoms with Crippen LogP contribution < -0.4 is 10.2 Å². The number of hydrogen-bond donors (Lipinski definition) is 1. The standard InChI is InChI=1S/C17H21FN2O/c1-12(2)19-10-14-6-8-21-17(14)11-20-7-5-13-3-4-15(18)9-16(13)20/h3-4,6,8-9,12,19H,5,7,10-11H2,1-2H3. The first-order valence-corrected chi connectivity index (χ1v) is 7.45. The molecule has 0 atom stereocenters. The average Bonchev–Trinajstić information content (AvgIpc) is 3.04. The van der Waals surface area contributed by atoms with E-state index in [-0.39, 0.29) is 5.82 Å². The van der Waals surface area contributed by atoms with Crippen LogP contribution in [-0.4, -0.2) is 12.6 Å². The van der Waals surface area contributed by atoms with Gasteiger partial charge in [0.1, 0.15) is 11.6 Å². The summed E-state index contributed by atoms with van der Waals surface area (Å²) in [7, 11) is 0. The Morgan fingerprint density at radius 1 is 1.33 bits per heavy atom. The number of hydrogen-bond acceptors (Lipinski definition) is 3. The summed E-state index contributed by atoms with van der Waals surface area (Å²) in [4.78, 5) is 2.19. The fraction of sp³-hybridized carbons (Fsp3) is 0.412. The van der Waals surface area contributed by atoms with Crippen LogP contribution >= 0.6 is 0 Å². The van der Waals surface area contributed by atoms with E-state index >= 15 is 0 Å². The van der Waals surface area contributed by atoms with Gasteiger partial charge in [-0.2, -0.15) is 0 Å². The largest absolute Gasteiger partial charge is 0.467 e. The van der Waals surface area contributed by atoms with E-state index in [1.165, 1.54) is 17.2 Å². The molecule has 1 aliphatic rings. The molecule has 0 bridgehead atoms. The minimum atomic E-state index is -0.179. The van der Waals surface area contributed by atoms with Crippen LogP contribution in [0.15, 0.2) is 34.9 Å². The van der Waals surface area contributed by atoms with Gasteiger partial charge in [-0.3, -0.25) is 0 Å². The van der Waals surface area contributed by atoms with E-state index in [0.717, 1.165) is 31.0 Å².